The van der Waals surface area contributed by atoms with Crippen LogP contribution in [-0.4, -0.2) is 0 Å². The van der Waals surface area contributed by atoms with Crippen molar-refractivity contribution in [3.63, 3.8) is 0 Å². The molecule has 0 saturated heterocycles. The van der Waals surface area contributed by atoms with E-state index in [-0.39, 0.29) is 0 Å². The highest BCUT2D eigenvalue weighted by atomic mass is 14.2. The highest BCUT2D eigenvalue weighted by Gasteiger charge is 2.17. The zero-order valence-corrected chi connectivity index (χ0v) is 26.5. The number of hydrogen-bond acceptors (Lipinski definition) is 0. The normalized spacial score (nSPS) is 11.3. The van der Waals surface area contributed by atoms with Crippen molar-refractivity contribution in [2.24, 2.45) is 0 Å². The molecule has 0 amide bonds. The number of hydrogen-bond donors (Lipinski definition) is 0. The van der Waals surface area contributed by atoms with Gasteiger partial charge in [0.15, 0.2) is 0 Å². The molecule has 48 heavy (non-hydrogen) atoms. The van der Waals surface area contributed by atoms with Gasteiger partial charge in [-0.1, -0.05) is 182 Å². The van der Waals surface area contributed by atoms with Gasteiger partial charge in [0.25, 0.3) is 0 Å². The predicted octanol–water partition coefficient (Wildman–Crippen LogP) is 13.5. The lowest BCUT2D eigenvalue weighted by molar-refractivity contribution is 1.59. The summed E-state index contributed by atoms with van der Waals surface area (Å²) in [5.74, 6) is 0. The topological polar surface area (TPSA) is 0 Å². The van der Waals surface area contributed by atoms with Gasteiger partial charge in [-0.25, -0.2) is 0 Å². The summed E-state index contributed by atoms with van der Waals surface area (Å²) >= 11 is 0. The van der Waals surface area contributed by atoms with Gasteiger partial charge >= 0.3 is 0 Å². The molecule has 0 N–H and O–H groups in total. The Hall–Kier alpha value is -6.24. The van der Waals surface area contributed by atoms with E-state index in [1.807, 2.05) is 0 Å². The fraction of sp³-hybridized carbons (Fsp3) is 0. The van der Waals surface area contributed by atoms with Crippen molar-refractivity contribution in [2.45, 2.75) is 0 Å². The van der Waals surface area contributed by atoms with E-state index in [2.05, 4.69) is 194 Å². The SMILES string of the molecule is c1ccc(-c2ccc(-c3ccc(-c4c5ccccc5c(-c5cccc(-c6ccc7ccccc7c6)c5)c5ccccc45)cc3)cc2)cc1. The van der Waals surface area contributed by atoms with Crippen molar-refractivity contribution in [3.05, 3.63) is 194 Å². The van der Waals surface area contributed by atoms with Crippen LogP contribution >= 0.6 is 0 Å². The van der Waals surface area contributed by atoms with Gasteiger partial charge in [0.1, 0.15) is 0 Å². The standard InChI is InChI=1S/C48H32/c1-2-11-33(12-3-1)35-21-23-36(24-22-35)37-25-28-38(29-26-37)47-43-17-6-8-19-45(43)48(46-20-9-7-18-44(46)47)42-16-10-15-40(32-42)41-30-27-34-13-4-5-14-39(34)31-41/h1-32H. The van der Waals surface area contributed by atoms with E-state index >= 15 is 0 Å². The summed E-state index contributed by atoms with van der Waals surface area (Å²) in [7, 11) is 0. The quantitative estimate of drug-likeness (QED) is 0.171. The second-order valence-corrected chi connectivity index (χ2v) is 12.5. The lowest BCUT2D eigenvalue weighted by Crippen LogP contribution is -1.91. The highest BCUT2D eigenvalue weighted by Crippen LogP contribution is 2.44. The molecular formula is C48H32. The number of rotatable bonds is 5. The van der Waals surface area contributed by atoms with Crippen LogP contribution in [0.25, 0.3) is 88.0 Å². The molecule has 9 aromatic rings. The van der Waals surface area contributed by atoms with Crippen LogP contribution in [-0.2, 0) is 0 Å². The molecule has 0 spiro atoms. The Labute approximate surface area is 281 Å². The van der Waals surface area contributed by atoms with Gasteiger partial charge in [-0.3, -0.25) is 0 Å². The zero-order valence-electron chi connectivity index (χ0n) is 26.5. The fourth-order valence-corrected chi connectivity index (χ4v) is 7.29. The molecule has 224 valence electrons. The van der Waals surface area contributed by atoms with Gasteiger partial charge in [0, 0.05) is 0 Å². The summed E-state index contributed by atoms with van der Waals surface area (Å²) in [4.78, 5) is 0. The monoisotopic (exact) mass is 608 g/mol. The Morgan fingerprint density at radius 2 is 0.562 bits per heavy atom. The Kier molecular flexibility index (Phi) is 6.91. The molecule has 9 aromatic carbocycles. The lowest BCUT2D eigenvalue weighted by atomic mass is 9.85. The second-order valence-electron chi connectivity index (χ2n) is 12.5. The smallest absolute Gasteiger partial charge is 0.00262 e. The van der Waals surface area contributed by atoms with Gasteiger partial charge in [0.2, 0.25) is 0 Å². The second kappa shape index (κ2) is 11.8. The van der Waals surface area contributed by atoms with Crippen LogP contribution in [0.15, 0.2) is 194 Å². The molecule has 0 fully saturated rings. The predicted molar refractivity (Wildman–Crippen MR) is 206 cm³/mol. The van der Waals surface area contributed by atoms with E-state index in [9.17, 15) is 0 Å². The minimum Gasteiger partial charge on any atom is -0.0622 e. The molecule has 0 radical (unpaired) electrons. The van der Waals surface area contributed by atoms with Crippen LogP contribution in [0.4, 0.5) is 0 Å². The van der Waals surface area contributed by atoms with Gasteiger partial charge in [0.05, 0.1) is 0 Å². The molecular weight excluding hydrogens is 577 g/mol. The van der Waals surface area contributed by atoms with E-state index in [1.165, 1.54) is 88.0 Å². The summed E-state index contributed by atoms with van der Waals surface area (Å²) < 4.78 is 0. The Morgan fingerprint density at radius 3 is 1.15 bits per heavy atom. The average molecular weight is 609 g/mol. The van der Waals surface area contributed by atoms with Crippen LogP contribution < -0.4 is 0 Å². The Balaban J connectivity index is 1.15. The molecule has 0 aromatic heterocycles. The van der Waals surface area contributed by atoms with E-state index in [1.54, 1.807) is 0 Å². The van der Waals surface area contributed by atoms with E-state index < -0.39 is 0 Å². The van der Waals surface area contributed by atoms with Gasteiger partial charge in [-0.15, -0.1) is 0 Å². The third-order valence-corrected chi connectivity index (χ3v) is 9.66. The Morgan fingerprint density at radius 1 is 0.188 bits per heavy atom. The number of benzene rings is 9. The first-order chi connectivity index (χ1) is 23.8. The zero-order chi connectivity index (χ0) is 31.9. The number of fused-ring (bicyclic) bond motifs is 3. The van der Waals surface area contributed by atoms with Crippen LogP contribution in [0.1, 0.15) is 0 Å². The third kappa shape index (κ3) is 4.96. The molecule has 0 bridgehead atoms. The highest BCUT2D eigenvalue weighted by molar-refractivity contribution is 6.21. The maximum Gasteiger partial charge on any atom is -0.00262 e. The molecule has 0 heteroatoms. The van der Waals surface area contributed by atoms with E-state index in [4.69, 9.17) is 0 Å². The average Bonchev–Trinajstić information content (AvgIpc) is 3.17. The summed E-state index contributed by atoms with van der Waals surface area (Å²) in [6.45, 7) is 0. The molecule has 0 aliphatic heterocycles. The molecule has 0 nitrogen and oxygen atoms in total. The maximum absolute atomic E-state index is 2.36. The molecule has 9 rings (SSSR count). The molecule has 0 unspecified atom stereocenters. The van der Waals surface area contributed by atoms with Gasteiger partial charge < -0.3 is 0 Å². The van der Waals surface area contributed by atoms with E-state index in [0.717, 1.165) is 0 Å². The van der Waals surface area contributed by atoms with Crippen LogP contribution in [0, 0.1) is 0 Å². The van der Waals surface area contributed by atoms with Gasteiger partial charge in [-0.2, -0.15) is 0 Å². The van der Waals surface area contributed by atoms with Crippen molar-refractivity contribution < 1.29 is 0 Å². The van der Waals surface area contributed by atoms with E-state index in [0.29, 0.717) is 0 Å². The first-order valence-corrected chi connectivity index (χ1v) is 16.6. The molecule has 0 heterocycles. The van der Waals surface area contributed by atoms with Crippen LogP contribution in [0.3, 0.4) is 0 Å². The minimum atomic E-state index is 1.22. The third-order valence-electron chi connectivity index (χ3n) is 9.66. The van der Waals surface area contributed by atoms with Crippen molar-refractivity contribution in [1.82, 2.24) is 0 Å². The molecule has 0 aliphatic carbocycles. The summed E-state index contributed by atoms with van der Waals surface area (Å²) in [6.07, 6.45) is 0. The fourth-order valence-electron chi connectivity index (χ4n) is 7.29. The first-order valence-electron chi connectivity index (χ1n) is 16.6. The maximum atomic E-state index is 2.36. The van der Waals surface area contributed by atoms with Crippen molar-refractivity contribution in [3.8, 4) is 55.6 Å². The summed E-state index contributed by atoms with van der Waals surface area (Å²) in [6, 6.07) is 70.7. The summed E-state index contributed by atoms with van der Waals surface area (Å²) in [5.41, 5.74) is 12.4. The lowest BCUT2D eigenvalue weighted by Gasteiger charge is -2.18. The minimum absolute atomic E-state index is 1.22. The molecule has 0 aliphatic rings. The molecule has 0 saturated carbocycles. The van der Waals surface area contributed by atoms with Crippen LogP contribution in [0.2, 0.25) is 0 Å². The van der Waals surface area contributed by atoms with Crippen molar-refractivity contribution in [1.29, 1.82) is 0 Å². The Bertz CT molecular complexity index is 2520. The first kappa shape index (κ1) is 28.0. The van der Waals surface area contributed by atoms with Crippen molar-refractivity contribution in [2.75, 3.05) is 0 Å². The summed E-state index contributed by atoms with van der Waals surface area (Å²) in [5, 5.41) is 7.59. The largest absolute Gasteiger partial charge is 0.0622 e. The van der Waals surface area contributed by atoms with Gasteiger partial charge in [-0.05, 0) is 100 Å². The van der Waals surface area contributed by atoms with Crippen molar-refractivity contribution >= 4 is 32.3 Å². The van der Waals surface area contributed by atoms with Crippen LogP contribution in [0.5, 0.6) is 0 Å². The molecule has 0 atom stereocenters.